The first-order valence-electron chi connectivity index (χ1n) is 5.74. The molecule has 0 aliphatic heterocycles. The van der Waals surface area contributed by atoms with Crippen LogP contribution in [0.15, 0.2) is 0 Å². The Hall–Kier alpha value is -0.160. The Balaban J connectivity index is 2.92. The van der Waals surface area contributed by atoms with Gasteiger partial charge in [0.1, 0.15) is 0 Å². The number of hydrogen-bond acceptors (Lipinski definition) is 4. The normalized spacial score (nSPS) is 13.0. The van der Waals surface area contributed by atoms with E-state index in [4.69, 9.17) is 9.47 Å². The first-order valence-corrected chi connectivity index (χ1v) is 5.74. The Kier molecular flexibility index (Phi) is 11.8. The second kappa shape index (κ2) is 11.9. The van der Waals surface area contributed by atoms with E-state index in [1.54, 1.807) is 14.2 Å². The fourth-order valence-electron chi connectivity index (χ4n) is 1.23. The molecule has 1 atom stereocenters. The molecule has 0 radical (unpaired) electrons. The molecule has 4 heteroatoms. The number of methoxy groups -OCH3 is 2. The van der Waals surface area contributed by atoms with Crippen molar-refractivity contribution >= 4 is 0 Å². The highest BCUT2D eigenvalue weighted by Crippen LogP contribution is 1.97. The zero-order valence-electron chi connectivity index (χ0n) is 10.3. The van der Waals surface area contributed by atoms with Gasteiger partial charge >= 0.3 is 0 Å². The van der Waals surface area contributed by atoms with Gasteiger partial charge in [-0.2, -0.15) is 0 Å². The molecular formula is C11H26N2O2. The number of ether oxygens (including phenoxy) is 2. The first-order chi connectivity index (χ1) is 7.31. The third-order valence-corrected chi connectivity index (χ3v) is 2.33. The van der Waals surface area contributed by atoms with Crippen LogP contribution < -0.4 is 10.6 Å². The summed E-state index contributed by atoms with van der Waals surface area (Å²) in [6.45, 7) is 6.91. The molecule has 15 heavy (non-hydrogen) atoms. The molecule has 0 aromatic carbocycles. The minimum atomic E-state index is 0.381. The van der Waals surface area contributed by atoms with Crippen LogP contribution in [-0.2, 0) is 9.47 Å². The van der Waals surface area contributed by atoms with Crippen molar-refractivity contribution in [2.24, 2.45) is 0 Å². The van der Waals surface area contributed by atoms with E-state index in [2.05, 4.69) is 17.6 Å². The largest absolute Gasteiger partial charge is 0.383 e. The third kappa shape index (κ3) is 11.8. The van der Waals surface area contributed by atoms with Crippen LogP contribution in [0.4, 0.5) is 0 Å². The Morgan fingerprint density at radius 1 is 1.00 bits per heavy atom. The molecule has 0 fully saturated rings. The van der Waals surface area contributed by atoms with Crippen molar-refractivity contribution in [2.45, 2.75) is 25.9 Å². The van der Waals surface area contributed by atoms with E-state index < -0.39 is 0 Å². The summed E-state index contributed by atoms with van der Waals surface area (Å²) in [6, 6.07) is 0. The molecule has 0 spiro atoms. The zero-order chi connectivity index (χ0) is 11.4. The molecule has 0 aromatic heterocycles. The molecule has 0 heterocycles. The van der Waals surface area contributed by atoms with E-state index in [1.165, 1.54) is 6.42 Å². The zero-order valence-corrected chi connectivity index (χ0v) is 10.3. The molecule has 0 aliphatic carbocycles. The summed E-state index contributed by atoms with van der Waals surface area (Å²) in [7, 11) is 3.48. The van der Waals surface area contributed by atoms with Crippen molar-refractivity contribution in [2.75, 3.05) is 47.0 Å². The van der Waals surface area contributed by atoms with Gasteiger partial charge < -0.3 is 20.1 Å². The van der Waals surface area contributed by atoms with Gasteiger partial charge in [0.15, 0.2) is 0 Å². The molecule has 2 N–H and O–H groups in total. The van der Waals surface area contributed by atoms with E-state index in [-0.39, 0.29) is 0 Å². The van der Waals surface area contributed by atoms with Crippen LogP contribution in [0.1, 0.15) is 19.8 Å². The Labute approximate surface area is 93.7 Å². The van der Waals surface area contributed by atoms with Gasteiger partial charge in [-0.3, -0.25) is 0 Å². The van der Waals surface area contributed by atoms with Gasteiger partial charge in [0.05, 0.1) is 12.7 Å². The molecule has 4 nitrogen and oxygen atoms in total. The van der Waals surface area contributed by atoms with Crippen LogP contribution in [0.2, 0.25) is 0 Å². The summed E-state index contributed by atoms with van der Waals surface area (Å²) in [4.78, 5) is 0. The molecular weight excluding hydrogens is 192 g/mol. The second-order valence-electron chi connectivity index (χ2n) is 3.68. The van der Waals surface area contributed by atoms with E-state index >= 15 is 0 Å². The fourth-order valence-corrected chi connectivity index (χ4v) is 1.23. The molecule has 0 aliphatic rings. The van der Waals surface area contributed by atoms with Gasteiger partial charge in [0, 0.05) is 33.9 Å². The molecule has 0 rings (SSSR count). The summed E-state index contributed by atoms with van der Waals surface area (Å²) in [5.41, 5.74) is 0. The molecule has 1 unspecified atom stereocenters. The second-order valence-corrected chi connectivity index (χ2v) is 3.68. The maximum atomic E-state index is 5.17. The monoisotopic (exact) mass is 218 g/mol. The topological polar surface area (TPSA) is 42.5 Å². The van der Waals surface area contributed by atoms with Gasteiger partial charge in [-0.1, -0.05) is 0 Å². The minimum Gasteiger partial charge on any atom is -0.383 e. The van der Waals surface area contributed by atoms with Crippen molar-refractivity contribution < 1.29 is 9.47 Å². The minimum absolute atomic E-state index is 0.381. The number of nitrogens with one attached hydrogen (secondary N) is 2. The van der Waals surface area contributed by atoms with Crippen LogP contribution >= 0.6 is 0 Å². The summed E-state index contributed by atoms with van der Waals surface area (Å²) in [6.07, 6.45) is 2.68. The average Bonchev–Trinajstić information content (AvgIpc) is 2.26. The van der Waals surface area contributed by atoms with E-state index in [0.29, 0.717) is 6.10 Å². The summed E-state index contributed by atoms with van der Waals surface area (Å²) >= 11 is 0. The lowest BCUT2D eigenvalue weighted by molar-refractivity contribution is 0.109. The first kappa shape index (κ1) is 14.8. The van der Waals surface area contributed by atoms with Gasteiger partial charge in [0.2, 0.25) is 0 Å². The maximum Gasteiger partial charge on any atom is 0.0587 e. The highest BCUT2D eigenvalue weighted by Gasteiger charge is 1.97. The summed E-state index contributed by atoms with van der Waals surface area (Å²) in [5.74, 6) is 0. The van der Waals surface area contributed by atoms with E-state index in [9.17, 15) is 0 Å². The Bertz CT molecular complexity index is 123. The van der Waals surface area contributed by atoms with Crippen LogP contribution in [0.25, 0.3) is 0 Å². The smallest absolute Gasteiger partial charge is 0.0587 e. The van der Waals surface area contributed by atoms with Gasteiger partial charge in [-0.15, -0.1) is 0 Å². The van der Waals surface area contributed by atoms with Crippen LogP contribution in [0, 0.1) is 0 Å². The van der Waals surface area contributed by atoms with Crippen LogP contribution in [0.3, 0.4) is 0 Å². The fraction of sp³-hybridized carbons (Fsp3) is 1.00. The van der Waals surface area contributed by atoms with Crippen molar-refractivity contribution in [1.82, 2.24) is 10.6 Å². The predicted octanol–water partition coefficient (Wildman–Crippen LogP) is 0.627. The molecule has 0 saturated heterocycles. The molecule has 0 amide bonds. The summed E-state index contributed by atoms with van der Waals surface area (Å²) in [5, 5.41) is 6.67. The Morgan fingerprint density at radius 3 is 2.27 bits per heavy atom. The molecule has 92 valence electrons. The number of hydrogen-bond donors (Lipinski definition) is 2. The average molecular weight is 218 g/mol. The summed E-state index contributed by atoms with van der Waals surface area (Å²) < 4.78 is 10.1. The SMILES string of the molecule is COCCNCCNCCCC(C)OC. The lowest BCUT2D eigenvalue weighted by Crippen LogP contribution is -2.30. The van der Waals surface area contributed by atoms with Gasteiger partial charge in [0.25, 0.3) is 0 Å². The lowest BCUT2D eigenvalue weighted by Gasteiger charge is -2.09. The van der Waals surface area contributed by atoms with Gasteiger partial charge in [-0.05, 0) is 26.3 Å². The number of rotatable bonds is 11. The Morgan fingerprint density at radius 2 is 1.67 bits per heavy atom. The van der Waals surface area contributed by atoms with Crippen LogP contribution in [0.5, 0.6) is 0 Å². The van der Waals surface area contributed by atoms with Gasteiger partial charge in [-0.25, -0.2) is 0 Å². The quantitative estimate of drug-likeness (QED) is 0.499. The molecule has 0 aromatic rings. The standard InChI is InChI=1S/C11H26N2O2/c1-11(15-3)5-4-6-12-7-8-13-9-10-14-2/h11-13H,4-10H2,1-3H3. The van der Waals surface area contributed by atoms with Crippen molar-refractivity contribution in [3.8, 4) is 0 Å². The van der Waals surface area contributed by atoms with Crippen molar-refractivity contribution in [3.05, 3.63) is 0 Å². The van der Waals surface area contributed by atoms with Crippen molar-refractivity contribution in [3.63, 3.8) is 0 Å². The lowest BCUT2D eigenvalue weighted by atomic mass is 10.2. The maximum absolute atomic E-state index is 5.17. The van der Waals surface area contributed by atoms with Crippen molar-refractivity contribution in [1.29, 1.82) is 0 Å². The highest BCUT2D eigenvalue weighted by molar-refractivity contribution is 4.55. The van der Waals surface area contributed by atoms with E-state index in [0.717, 1.165) is 39.2 Å². The highest BCUT2D eigenvalue weighted by atomic mass is 16.5. The molecule has 0 saturated carbocycles. The van der Waals surface area contributed by atoms with E-state index in [1.807, 2.05) is 0 Å². The molecule has 0 bridgehead atoms. The predicted molar refractivity (Wildman–Crippen MR) is 63.3 cm³/mol. The van der Waals surface area contributed by atoms with Crippen LogP contribution in [-0.4, -0.2) is 53.1 Å². The third-order valence-electron chi connectivity index (χ3n) is 2.33.